The molecule has 10 heteroatoms. The fraction of sp³-hybridized carbons (Fsp3) is 0.667. The predicted molar refractivity (Wildman–Crippen MR) is 111 cm³/mol. The van der Waals surface area contributed by atoms with Crippen LogP contribution < -0.4 is 10.6 Å². The highest BCUT2D eigenvalue weighted by Gasteiger charge is 2.32. The largest absolute Gasteiger partial charge is 0.348 e. The lowest BCUT2D eigenvalue weighted by Crippen LogP contribution is -2.51. The third-order valence-corrected chi connectivity index (χ3v) is 6.41. The molecule has 4 rings (SSSR count). The number of nitrogens with zero attached hydrogens (tertiary/aromatic N) is 3. The van der Waals surface area contributed by atoms with Gasteiger partial charge in [0.05, 0.1) is 11.7 Å². The lowest BCUT2D eigenvalue weighted by Gasteiger charge is -2.35. The van der Waals surface area contributed by atoms with E-state index in [1.807, 2.05) is 0 Å². The van der Waals surface area contributed by atoms with Crippen LogP contribution in [0.3, 0.4) is 0 Å². The molecule has 0 radical (unpaired) electrons. The van der Waals surface area contributed by atoms with Crippen LogP contribution in [0, 0.1) is 0 Å². The van der Waals surface area contributed by atoms with Gasteiger partial charge in [-0.2, -0.15) is 5.10 Å². The van der Waals surface area contributed by atoms with E-state index >= 15 is 0 Å². The van der Waals surface area contributed by atoms with Crippen molar-refractivity contribution in [2.24, 2.45) is 0 Å². The van der Waals surface area contributed by atoms with Gasteiger partial charge in [0.2, 0.25) is 11.8 Å². The Kier molecular flexibility index (Phi) is 6.53. The third-order valence-electron chi connectivity index (χ3n) is 6.41. The summed E-state index contributed by atoms with van der Waals surface area (Å²) in [5, 5.41) is 12.8. The molecule has 1 aromatic rings. The molecule has 0 unspecified atom stereocenters. The second kappa shape index (κ2) is 9.49. The summed E-state index contributed by atoms with van der Waals surface area (Å²) in [7, 11) is 0. The molecular formula is C21H30N6O4. The minimum Gasteiger partial charge on any atom is -0.348 e. The van der Waals surface area contributed by atoms with Crippen LogP contribution in [0.5, 0.6) is 0 Å². The Morgan fingerprint density at radius 2 is 1.90 bits per heavy atom. The Balaban J connectivity index is 1.38. The number of carbonyl (C=O) groups is 4. The Hall–Kier alpha value is -2.91. The molecule has 1 aromatic heterocycles. The van der Waals surface area contributed by atoms with E-state index in [0.717, 1.165) is 55.5 Å². The van der Waals surface area contributed by atoms with Gasteiger partial charge in [0.15, 0.2) is 0 Å². The maximum atomic E-state index is 13.0. The fourth-order valence-corrected chi connectivity index (χ4v) is 4.70. The number of amides is 5. The van der Waals surface area contributed by atoms with Crippen molar-refractivity contribution in [1.29, 1.82) is 0 Å². The summed E-state index contributed by atoms with van der Waals surface area (Å²) >= 11 is 0. The number of aromatic amines is 1. The number of urea groups is 1. The molecule has 31 heavy (non-hydrogen) atoms. The van der Waals surface area contributed by atoms with E-state index < -0.39 is 6.03 Å². The van der Waals surface area contributed by atoms with E-state index in [0.29, 0.717) is 18.8 Å². The summed E-state index contributed by atoms with van der Waals surface area (Å²) < 4.78 is 0. The average molecular weight is 431 g/mol. The van der Waals surface area contributed by atoms with Crippen molar-refractivity contribution in [1.82, 2.24) is 30.6 Å². The van der Waals surface area contributed by atoms with Gasteiger partial charge in [-0.25, -0.2) is 4.79 Å². The molecule has 168 valence electrons. The molecule has 2 aliphatic heterocycles. The number of nitrogens with one attached hydrogen (secondary N) is 3. The first-order valence-electron chi connectivity index (χ1n) is 11.3. The van der Waals surface area contributed by atoms with Crippen molar-refractivity contribution in [2.75, 3.05) is 19.6 Å². The van der Waals surface area contributed by atoms with E-state index in [9.17, 15) is 19.2 Å². The van der Waals surface area contributed by atoms with E-state index in [1.54, 1.807) is 11.0 Å². The first-order chi connectivity index (χ1) is 15.0. The summed E-state index contributed by atoms with van der Waals surface area (Å²) in [4.78, 5) is 52.2. The number of likely N-dealkylation sites (tertiary alicyclic amines) is 1. The summed E-state index contributed by atoms with van der Waals surface area (Å²) in [5.74, 6) is -0.543. The van der Waals surface area contributed by atoms with E-state index in [2.05, 4.69) is 20.8 Å². The molecule has 3 fully saturated rings. The summed E-state index contributed by atoms with van der Waals surface area (Å²) in [6, 6.07) is 1.33. The van der Waals surface area contributed by atoms with E-state index in [-0.39, 0.29) is 49.2 Å². The van der Waals surface area contributed by atoms with Crippen molar-refractivity contribution in [3.8, 4) is 0 Å². The molecule has 0 bridgehead atoms. The Labute approximate surface area is 181 Å². The van der Waals surface area contributed by atoms with Crippen molar-refractivity contribution in [2.45, 2.75) is 69.9 Å². The normalized spacial score (nSPS) is 22.5. The van der Waals surface area contributed by atoms with Crippen LogP contribution in [0.15, 0.2) is 6.07 Å². The third kappa shape index (κ3) is 4.88. The van der Waals surface area contributed by atoms with Gasteiger partial charge in [0.25, 0.3) is 5.91 Å². The van der Waals surface area contributed by atoms with Crippen LogP contribution >= 0.6 is 0 Å². The predicted octanol–water partition coefficient (Wildman–Crippen LogP) is 1.47. The summed E-state index contributed by atoms with van der Waals surface area (Å²) in [5.41, 5.74) is 1.09. The second-order valence-electron chi connectivity index (χ2n) is 8.54. The zero-order chi connectivity index (χ0) is 21.8. The molecule has 0 aromatic carbocycles. The molecule has 3 heterocycles. The molecule has 0 spiro atoms. The number of imide groups is 1. The van der Waals surface area contributed by atoms with Gasteiger partial charge in [-0.15, -0.1) is 0 Å². The van der Waals surface area contributed by atoms with Gasteiger partial charge in [0, 0.05) is 38.5 Å². The van der Waals surface area contributed by atoms with Crippen molar-refractivity contribution < 1.29 is 19.2 Å². The van der Waals surface area contributed by atoms with E-state index in [4.69, 9.17) is 0 Å². The zero-order valence-corrected chi connectivity index (χ0v) is 17.7. The Bertz CT molecular complexity index is 831. The summed E-state index contributed by atoms with van der Waals surface area (Å²) in [6.07, 6.45) is 7.28. The molecule has 3 N–H and O–H groups in total. The highest BCUT2D eigenvalue weighted by molar-refractivity contribution is 5.97. The number of H-pyrrole nitrogens is 1. The van der Waals surface area contributed by atoms with Crippen LogP contribution in [0.2, 0.25) is 0 Å². The quantitative estimate of drug-likeness (QED) is 0.630. The maximum absolute atomic E-state index is 13.0. The molecular weight excluding hydrogens is 400 g/mol. The minimum absolute atomic E-state index is 0.0741. The minimum atomic E-state index is -0.439. The smallest absolute Gasteiger partial charge is 0.324 e. The van der Waals surface area contributed by atoms with Crippen LogP contribution in [-0.2, 0) is 9.59 Å². The standard InChI is InChI=1S/C21H30N6O4/c28-18-8-10-22-21(31)27(18)12-9-19(29)26-11-4-3-7-17(26)15-13-16(25-24-15)20(30)23-14-5-1-2-6-14/h13-14,17H,1-12H2,(H,22,31)(H,23,30)(H,24,25)/t17-/m1/s1. The number of carbonyl (C=O) groups excluding carboxylic acids is 4. The van der Waals surface area contributed by atoms with Crippen molar-refractivity contribution in [3.05, 3.63) is 17.5 Å². The van der Waals surface area contributed by atoms with Crippen LogP contribution in [0.4, 0.5) is 4.79 Å². The summed E-state index contributed by atoms with van der Waals surface area (Å²) in [6.45, 7) is 1.02. The second-order valence-corrected chi connectivity index (χ2v) is 8.54. The molecule has 1 aliphatic carbocycles. The van der Waals surface area contributed by atoms with E-state index in [1.165, 1.54) is 0 Å². The molecule has 3 aliphatic rings. The number of hydrogen-bond donors (Lipinski definition) is 3. The van der Waals surface area contributed by atoms with Crippen molar-refractivity contribution in [3.63, 3.8) is 0 Å². The lowest BCUT2D eigenvalue weighted by molar-refractivity contribution is -0.136. The van der Waals surface area contributed by atoms with Gasteiger partial charge >= 0.3 is 6.03 Å². The fourth-order valence-electron chi connectivity index (χ4n) is 4.70. The number of rotatable bonds is 6. The van der Waals surface area contributed by atoms with Gasteiger partial charge in [-0.05, 0) is 38.2 Å². The SMILES string of the molecule is O=C(NC1CCCC1)c1cc([C@H]2CCCCN2C(=O)CCN2C(=O)CCNC2=O)[nH]n1. The zero-order valence-electron chi connectivity index (χ0n) is 17.7. The molecule has 5 amide bonds. The Morgan fingerprint density at radius 3 is 2.68 bits per heavy atom. The van der Waals surface area contributed by atoms with Crippen LogP contribution in [0.1, 0.15) is 80.0 Å². The Morgan fingerprint density at radius 1 is 1.13 bits per heavy atom. The molecule has 1 atom stereocenters. The number of piperidine rings is 1. The van der Waals surface area contributed by atoms with Gasteiger partial charge in [0.1, 0.15) is 5.69 Å². The molecule has 2 saturated heterocycles. The first kappa shape index (κ1) is 21.3. The first-order valence-corrected chi connectivity index (χ1v) is 11.3. The van der Waals surface area contributed by atoms with Gasteiger partial charge in [-0.3, -0.25) is 24.4 Å². The van der Waals surface area contributed by atoms with Gasteiger partial charge in [-0.1, -0.05) is 12.8 Å². The van der Waals surface area contributed by atoms with Crippen LogP contribution in [-0.4, -0.2) is 69.4 Å². The average Bonchev–Trinajstić information content (AvgIpc) is 3.45. The topological polar surface area (TPSA) is 127 Å². The number of aromatic nitrogens is 2. The van der Waals surface area contributed by atoms with Crippen molar-refractivity contribution >= 4 is 23.8 Å². The molecule has 10 nitrogen and oxygen atoms in total. The monoisotopic (exact) mass is 430 g/mol. The number of hydrogen-bond acceptors (Lipinski definition) is 5. The van der Waals surface area contributed by atoms with Crippen LogP contribution in [0.25, 0.3) is 0 Å². The highest BCUT2D eigenvalue weighted by Crippen LogP contribution is 2.31. The highest BCUT2D eigenvalue weighted by atomic mass is 16.2. The lowest BCUT2D eigenvalue weighted by atomic mass is 9.98. The molecule has 1 saturated carbocycles. The van der Waals surface area contributed by atoms with Gasteiger partial charge < -0.3 is 15.5 Å². The maximum Gasteiger partial charge on any atom is 0.324 e.